The van der Waals surface area contributed by atoms with Crippen LogP contribution in [0.1, 0.15) is 45.2 Å². The Morgan fingerprint density at radius 3 is 2.39 bits per heavy atom. The molecule has 0 bridgehead atoms. The van der Waals surface area contributed by atoms with E-state index in [1.807, 2.05) is 33.8 Å². The van der Waals surface area contributed by atoms with E-state index in [1.54, 1.807) is 4.90 Å². The zero-order chi connectivity index (χ0) is 20.9. The molecule has 1 aliphatic heterocycles. The number of carbonyl (C=O) groups excluding carboxylic acids is 2. The number of rotatable bonds is 5. The van der Waals surface area contributed by atoms with Crippen molar-refractivity contribution in [1.82, 2.24) is 10.2 Å². The molecule has 1 fully saturated rings. The average molecular weight is 410 g/mol. The molecule has 0 unspecified atom stereocenters. The van der Waals surface area contributed by atoms with Crippen molar-refractivity contribution < 1.29 is 14.3 Å². The molecule has 6 nitrogen and oxygen atoms in total. The van der Waals surface area contributed by atoms with Crippen LogP contribution in [0.3, 0.4) is 0 Å². The van der Waals surface area contributed by atoms with E-state index in [1.165, 1.54) is 12.5 Å². The molecule has 0 atom stereocenters. The topological polar surface area (TPSA) is 61.9 Å². The summed E-state index contributed by atoms with van der Waals surface area (Å²) in [6.45, 7) is 12.5. The molecule has 0 saturated carbocycles. The fourth-order valence-electron chi connectivity index (χ4n) is 3.23. The Kier molecular flexibility index (Phi) is 7.58. The Bertz CT molecular complexity index is 708. The molecule has 0 radical (unpaired) electrons. The summed E-state index contributed by atoms with van der Waals surface area (Å²) < 4.78 is 5.47. The highest BCUT2D eigenvalue weighted by atomic mass is 35.5. The van der Waals surface area contributed by atoms with E-state index in [0.717, 1.165) is 42.2 Å². The van der Waals surface area contributed by atoms with Crippen molar-refractivity contribution in [2.24, 2.45) is 0 Å². The fraction of sp³-hybridized carbons (Fsp3) is 0.619. The second-order valence-electron chi connectivity index (χ2n) is 8.27. The number of ether oxygens (including phenoxy) is 1. The Morgan fingerprint density at radius 2 is 1.82 bits per heavy atom. The van der Waals surface area contributed by atoms with Crippen LogP contribution in [-0.4, -0.2) is 55.2 Å². The van der Waals surface area contributed by atoms with Gasteiger partial charge in [-0.2, -0.15) is 0 Å². The van der Waals surface area contributed by atoms with Crippen molar-refractivity contribution in [3.05, 3.63) is 28.3 Å². The summed E-state index contributed by atoms with van der Waals surface area (Å²) in [6.07, 6.45) is 1.47. The lowest BCUT2D eigenvalue weighted by Crippen LogP contribution is -2.50. The lowest BCUT2D eigenvalue weighted by Gasteiger charge is -2.37. The molecular formula is C21H32ClN3O3. The summed E-state index contributed by atoms with van der Waals surface area (Å²) in [4.78, 5) is 27.4. The maximum Gasteiger partial charge on any atom is 0.410 e. The minimum Gasteiger partial charge on any atom is -0.444 e. The number of hydrogen-bond donors (Lipinski definition) is 1. The van der Waals surface area contributed by atoms with E-state index in [0.29, 0.717) is 19.6 Å². The van der Waals surface area contributed by atoms with E-state index in [9.17, 15) is 9.59 Å². The van der Waals surface area contributed by atoms with Crippen LogP contribution in [0.25, 0.3) is 0 Å². The van der Waals surface area contributed by atoms with Crippen molar-refractivity contribution >= 4 is 29.3 Å². The number of benzene rings is 1. The van der Waals surface area contributed by atoms with Gasteiger partial charge in [-0.3, -0.25) is 4.79 Å². The Hall–Kier alpha value is -1.95. The van der Waals surface area contributed by atoms with Gasteiger partial charge in [-0.05, 0) is 57.7 Å². The van der Waals surface area contributed by atoms with Gasteiger partial charge in [0, 0.05) is 50.4 Å². The molecule has 0 aliphatic carbocycles. The van der Waals surface area contributed by atoms with Gasteiger partial charge < -0.3 is 19.9 Å². The highest BCUT2D eigenvalue weighted by molar-refractivity contribution is 6.31. The predicted molar refractivity (Wildman–Crippen MR) is 113 cm³/mol. The van der Waals surface area contributed by atoms with Crippen LogP contribution in [-0.2, 0) is 16.0 Å². The monoisotopic (exact) mass is 409 g/mol. The maximum absolute atomic E-state index is 12.3. The quantitative estimate of drug-likeness (QED) is 0.752. The second-order valence-corrected chi connectivity index (χ2v) is 8.68. The fourth-order valence-corrected chi connectivity index (χ4v) is 3.38. The van der Waals surface area contributed by atoms with Crippen molar-refractivity contribution in [2.75, 3.05) is 37.6 Å². The predicted octanol–water partition coefficient (Wildman–Crippen LogP) is 3.77. The van der Waals surface area contributed by atoms with Crippen LogP contribution in [0.2, 0.25) is 5.02 Å². The molecule has 1 aromatic rings. The van der Waals surface area contributed by atoms with E-state index in [4.69, 9.17) is 16.3 Å². The van der Waals surface area contributed by atoms with E-state index in [2.05, 4.69) is 16.3 Å². The van der Waals surface area contributed by atoms with Crippen LogP contribution in [0.5, 0.6) is 0 Å². The molecule has 1 aromatic carbocycles. The van der Waals surface area contributed by atoms with Gasteiger partial charge in [0.1, 0.15) is 5.60 Å². The smallest absolute Gasteiger partial charge is 0.410 e. The largest absolute Gasteiger partial charge is 0.444 e. The van der Waals surface area contributed by atoms with Crippen molar-refractivity contribution in [3.63, 3.8) is 0 Å². The molecule has 156 valence electrons. The summed E-state index contributed by atoms with van der Waals surface area (Å²) in [5.74, 6) is -0.00854. The third kappa shape index (κ3) is 6.59. The van der Waals surface area contributed by atoms with Crippen molar-refractivity contribution in [1.29, 1.82) is 0 Å². The number of aryl methyl sites for hydroxylation is 2. The van der Waals surface area contributed by atoms with Crippen LogP contribution < -0.4 is 10.2 Å². The third-order valence-corrected chi connectivity index (χ3v) is 5.04. The first-order valence-electron chi connectivity index (χ1n) is 9.83. The molecule has 28 heavy (non-hydrogen) atoms. The number of anilines is 1. The highest BCUT2D eigenvalue weighted by Crippen LogP contribution is 2.30. The Balaban J connectivity index is 2.03. The number of carbonyl (C=O) groups is 2. The normalized spacial score (nSPS) is 14.8. The number of amides is 2. The molecule has 7 heteroatoms. The van der Waals surface area contributed by atoms with Gasteiger partial charge in [-0.15, -0.1) is 0 Å². The van der Waals surface area contributed by atoms with Crippen LogP contribution in [0.4, 0.5) is 10.5 Å². The number of nitrogens with zero attached hydrogens (tertiary/aromatic N) is 2. The first-order chi connectivity index (χ1) is 13.1. The first-order valence-corrected chi connectivity index (χ1v) is 10.2. The Labute approximate surface area is 173 Å². The summed E-state index contributed by atoms with van der Waals surface area (Å²) in [5.41, 5.74) is 2.90. The molecular weight excluding hydrogens is 378 g/mol. The van der Waals surface area contributed by atoms with Gasteiger partial charge in [0.25, 0.3) is 0 Å². The lowest BCUT2D eigenvalue weighted by molar-refractivity contribution is -0.118. The second kappa shape index (κ2) is 9.50. The summed E-state index contributed by atoms with van der Waals surface area (Å²) in [6, 6.07) is 4.15. The summed E-state index contributed by atoms with van der Waals surface area (Å²) in [5, 5.41) is 3.59. The molecule has 2 amide bonds. The summed E-state index contributed by atoms with van der Waals surface area (Å²) >= 11 is 6.39. The standard InChI is InChI=1S/C21H32ClN3O3/c1-15-13-17(7-6-8-23-16(2)26)19(14-18(15)22)24-9-11-25(12-10-24)20(27)28-21(3,4)5/h13-14H,6-12H2,1-5H3,(H,23,26). The molecule has 1 N–H and O–H groups in total. The van der Waals surface area contributed by atoms with Gasteiger partial charge in [-0.25, -0.2) is 4.79 Å². The SMILES string of the molecule is CC(=O)NCCCc1cc(C)c(Cl)cc1N1CCN(C(=O)OC(C)(C)C)CC1. The lowest BCUT2D eigenvalue weighted by atomic mass is 10.0. The van der Waals surface area contributed by atoms with Gasteiger partial charge >= 0.3 is 6.09 Å². The molecule has 1 aliphatic rings. The van der Waals surface area contributed by atoms with Gasteiger partial charge in [0.05, 0.1) is 0 Å². The summed E-state index contributed by atoms with van der Waals surface area (Å²) in [7, 11) is 0. The van der Waals surface area contributed by atoms with Gasteiger partial charge in [-0.1, -0.05) is 17.7 Å². The van der Waals surface area contributed by atoms with E-state index < -0.39 is 5.60 Å². The van der Waals surface area contributed by atoms with Gasteiger partial charge in [0.15, 0.2) is 0 Å². The minimum atomic E-state index is -0.486. The van der Waals surface area contributed by atoms with Crippen molar-refractivity contribution in [3.8, 4) is 0 Å². The Morgan fingerprint density at radius 1 is 1.18 bits per heavy atom. The third-order valence-electron chi connectivity index (χ3n) is 4.63. The zero-order valence-electron chi connectivity index (χ0n) is 17.6. The number of hydrogen-bond acceptors (Lipinski definition) is 4. The van der Waals surface area contributed by atoms with Gasteiger partial charge in [0.2, 0.25) is 5.91 Å². The first kappa shape index (κ1) is 22.3. The molecule has 1 saturated heterocycles. The van der Waals surface area contributed by atoms with Crippen LogP contribution in [0, 0.1) is 6.92 Å². The molecule has 0 aromatic heterocycles. The zero-order valence-corrected chi connectivity index (χ0v) is 18.4. The molecule has 1 heterocycles. The van der Waals surface area contributed by atoms with E-state index in [-0.39, 0.29) is 12.0 Å². The number of nitrogens with one attached hydrogen (secondary N) is 1. The van der Waals surface area contributed by atoms with Crippen LogP contribution in [0.15, 0.2) is 12.1 Å². The van der Waals surface area contributed by atoms with Crippen molar-refractivity contribution in [2.45, 2.75) is 53.1 Å². The maximum atomic E-state index is 12.3. The number of piperazine rings is 1. The molecule has 2 rings (SSSR count). The molecule has 0 spiro atoms. The van der Waals surface area contributed by atoms with E-state index >= 15 is 0 Å². The number of halogens is 1. The highest BCUT2D eigenvalue weighted by Gasteiger charge is 2.26. The minimum absolute atomic E-state index is 0.00854. The average Bonchev–Trinajstić information content (AvgIpc) is 2.60. The van der Waals surface area contributed by atoms with Crippen LogP contribution >= 0.6 is 11.6 Å².